The van der Waals surface area contributed by atoms with E-state index < -0.39 is 15.7 Å². The Kier molecular flexibility index (Phi) is 5.53. The van der Waals surface area contributed by atoms with E-state index in [4.69, 9.17) is 14.2 Å². The lowest BCUT2D eigenvalue weighted by atomic mass is 10.1. The van der Waals surface area contributed by atoms with Crippen LogP contribution < -0.4 is 19.5 Å². The molecule has 0 saturated heterocycles. The second-order valence-corrected chi connectivity index (χ2v) is 7.17. The first-order chi connectivity index (χ1) is 11.8. The fourth-order valence-corrected chi connectivity index (χ4v) is 2.82. The molecule has 0 aliphatic carbocycles. The predicted molar refractivity (Wildman–Crippen MR) is 93.6 cm³/mol. The molecule has 0 radical (unpaired) electrons. The van der Waals surface area contributed by atoms with E-state index in [1.165, 1.54) is 51.7 Å². The first kappa shape index (κ1) is 18.6. The molecular formula is C17H19NO6S. The van der Waals surface area contributed by atoms with E-state index in [2.05, 4.69) is 5.32 Å². The lowest BCUT2D eigenvalue weighted by molar-refractivity contribution is 0.102. The molecule has 0 aromatic heterocycles. The molecule has 2 rings (SSSR count). The maximum Gasteiger partial charge on any atom is 0.259 e. The van der Waals surface area contributed by atoms with Crippen LogP contribution in [-0.4, -0.2) is 41.9 Å². The molecule has 2 aromatic carbocycles. The van der Waals surface area contributed by atoms with Gasteiger partial charge in [-0.2, -0.15) is 0 Å². The van der Waals surface area contributed by atoms with Crippen molar-refractivity contribution in [3.05, 3.63) is 42.0 Å². The molecule has 1 amide bonds. The van der Waals surface area contributed by atoms with Crippen LogP contribution in [0.15, 0.2) is 41.3 Å². The average molecular weight is 365 g/mol. The second-order valence-electron chi connectivity index (χ2n) is 5.16. The van der Waals surface area contributed by atoms with Crippen molar-refractivity contribution in [2.24, 2.45) is 0 Å². The van der Waals surface area contributed by atoms with Crippen LogP contribution in [0.3, 0.4) is 0 Å². The molecule has 0 spiro atoms. The number of ether oxygens (including phenoxy) is 3. The topological polar surface area (TPSA) is 90.9 Å². The summed E-state index contributed by atoms with van der Waals surface area (Å²) in [4.78, 5) is 12.7. The quantitative estimate of drug-likeness (QED) is 0.845. The van der Waals surface area contributed by atoms with E-state index in [1.54, 1.807) is 6.07 Å². The highest BCUT2D eigenvalue weighted by molar-refractivity contribution is 7.90. The van der Waals surface area contributed by atoms with Crippen molar-refractivity contribution in [1.82, 2.24) is 0 Å². The van der Waals surface area contributed by atoms with Gasteiger partial charge in [0.1, 0.15) is 5.75 Å². The van der Waals surface area contributed by atoms with Crippen LogP contribution in [0.25, 0.3) is 0 Å². The lowest BCUT2D eigenvalue weighted by Gasteiger charge is -2.14. The molecule has 2 aromatic rings. The number of sulfone groups is 1. The number of hydrogen-bond acceptors (Lipinski definition) is 6. The van der Waals surface area contributed by atoms with Gasteiger partial charge in [0.05, 0.1) is 31.8 Å². The predicted octanol–water partition coefficient (Wildman–Crippen LogP) is 2.37. The number of amides is 1. The van der Waals surface area contributed by atoms with Gasteiger partial charge in [-0.25, -0.2) is 8.42 Å². The number of carbonyl (C=O) groups excluding carboxylic acids is 1. The standard InChI is InChI=1S/C17H19NO6S/c1-22-14-10-16(24-3)15(23-2)9-13(14)17(19)18-11-5-7-12(8-6-11)25(4,20)21/h5-10H,1-4H3,(H,18,19). The smallest absolute Gasteiger partial charge is 0.259 e. The Morgan fingerprint density at radius 1 is 0.880 bits per heavy atom. The Labute approximate surface area is 146 Å². The van der Waals surface area contributed by atoms with E-state index >= 15 is 0 Å². The summed E-state index contributed by atoms with van der Waals surface area (Å²) in [5.74, 6) is 0.724. The first-order valence-electron chi connectivity index (χ1n) is 7.21. The third-order valence-corrected chi connectivity index (χ3v) is 4.62. The minimum absolute atomic E-state index is 0.175. The molecule has 0 heterocycles. The van der Waals surface area contributed by atoms with E-state index in [0.717, 1.165) is 6.26 Å². The summed E-state index contributed by atoms with van der Waals surface area (Å²) in [6.45, 7) is 0. The molecule has 0 unspecified atom stereocenters. The van der Waals surface area contributed by atoms with Gasteiger partial charge >= 0.3 is 0 Å². The zero-order valence-electron chi connectivity index (χ0n) is 14.3. The summed E-state index contributed by atoms with van der Waals surface area (Å²) in [6.07, 6.45) is 1.12. The molecular weight excluding hydrogens is 346 g/mol. The molecule has 134 valence electrons. The Balaban J connectivity index is 2.31. The molecule has 0 atom stereocenters. The lowest BCUT2D eigenvalue weighted by Crippen LogP contribution is -2.13. The number of methoxy groups -OCH3 is 3. The number of anilines is 1. The summed E-state index contributed by atoms with van der Waals surface area (Å²) < 4.78 is 38.6. The number of nitrogens with one attached hydrogen (secondary N) is 1. The van der Waals surface area contributed by atoms with E-state index in [9.17, 15) is 13.2 Å². The largest absolute Gasteiger partial charge is 0.496 e. The Bertz CT molecular complexity index is 875. The van der Waals surface area contributed by atoms with Gasteiger partial charge in [0.25, 0.3) is 5.91 Å². The summed E-state index contributed by atoms with van der Waals surface area (Å²) in [5, 5.41) is 2.69. The van der Waals surface area contributed by atoms with Gasteiger partial charge in [0.15, 0.2) is 21.3 Å². The molecule has 7 nitrogen and oxygen atoms in total. The first-order valence-corrected chi connectivity index (χ1v) is 9.10. The minimum atomic E-state index is -3.29. The molecule has 8 heteroatoms. The second kappa shape index (κ2) is 7.43. The van der Waals surface area contributed by atoms with Crippen molar-refractivity contribution in [1.29, 1.82) is 0 Å². The maximum absolute atomic E-state index is 12.5. The highest BCUT2D eigenvalue weighted by atomic mass is 32.2. The van der Waals surface area contributed by atoms with Crippen molar-refractivity contribution in [3.63, 3.8) is 0 Å². The number of carbonyl (C=O) groups is 1. The van der Waals surface area contributed by atoms with Crippen molar-refractivity contribution in [2.75, 3.05) is 32.9 Å². The minimum Gasteiger partial charge on any atom is -0.496 e. The third kappa shape index (κ3) is 4.21. The summed E-state index contributed by atoms with van der Waals surface area (Å²) in [7, 11) is 1.11. The van der Waals surface area contributed by atoms with Crippen LogP contribution in [0.4, 0.5) is 5.69 Å². The number of rotatable bonds is 6. The van der Waals surface area contributed by atoms with Gasteiger partial charge < -0.3 is 19.5 Å². The average Bonchev–Trinajstić information content (AvgIpc) is 2.60. The van der Waals surface area contributed by atoms with Crippen molar-refractivity contribution in [3.8, 4) is 17.2 Å². The van der Waals surface area contributed by atoms with Crippen LogP contribution >= 0.6 is 0 Å². The Morgan fingerprint density at radius 3 is 1.88 bits per heavy atom. The fourth-order valence-electron chi connectivity index (χ4n) is 2.19. The highest BCUT2D eigenvalue weighted by Gasteiger charge is 2.18. The van der Waals surface area contributed by atoms with Gasteiger partial charge in [0.2, 0.25) is 0 Å². The van der Waals surface area contributed by atoms with Gasteiger partial charge in [-0.05, 0) is 24.3 Å². The molecule has 0 aliphatic heterocycles. The Hall–Kier alpha value is -2.74. The summed E-state index contributed by atoms with van der Waals surface area (Å²) in [5.41, 5.74) is 0.710. The molecule has 0 fully saturated rings. The SMILES string of the molecule is COc1cc(OC)c(C(=O)Nc2ccc(S(C)(=O)=O)cc2)cc1OC. The van der Waals surface area contributed by atoms with Gasteiger partial charge in [-0.3, -0.25) is 4.79 Å². The highest BCUT2D eigenvalue weighted by Crippen LogP contribution is 2.35. The van der Waals surface area contributed by atoms with Crippen molar-refractivity contribution < 1.29 is 27.4 Å². The maximum atomic E-state index is 12.5. The Morgan fingerprint density at radius 2 is 1.40 bits per heavy atom. The monoisotopic (exact) mass is 365 g/mol. The summed E-state index contributed by atoms with van der Waals surface area (Å²) in [6, 6.07) is 8.95. The van der Waals surface area contributed by atoms with Gasteiger partial charge in [0, 0.05) is 24.1 Å². The van der Waals surface area contributed by atoms with Crippen molar-refractivity contribution >= 4 is 21.4 Å². The molecule has 0 bridgehead atoms. The summed E-state index contributed by atoms with van der Waals surface area (Å²) >= 11 is 0. The molecule has 0 saturated carbocycles. The van der Waals surface area contributed by atoms with E-state index in [1.807, 2.05) is 0 Å². The van der Waals surface area contributed by atoms with Crippen LogP contribution in [0, 0.1) is 0 Å². The number of hydrogen-bond donors (Lipinski definition) is 1. The van der Waals surface area contributed by atoms with E-state index in [0.29, 0.717) is 22.9 Å². The van der Waals surface area contributed by atoms with Crippen molar-refractivity contribution in [2.45, 2.75) is 4.90 Å². The van der Waals surface area contributed by atoms with E-state index in [-0.39, 0.29) is 10.5 Å². The zero-order chi connectivity index (χ0) is 18.6. The van der Waals surface area contributed by atoms with Crippen LogP contribution in [0.5, 0.6) is 17.2 Å². The number of benzene rings is 2. The van der Waals surface area contributed by atoms with Crippen LogP contribution in [0.2, 0.25) is 0 Å². The normalized spacial score (nSPS) is 10.9. The molecule has 0 aliphatic rings. The van der Waals surface area contributed by atoms with Crippen LogP contribution in [-0.2, 0) is 9.84 Å². The van der Waals surface area contributed by atoms with Crippen LogP contribution in [0.1, 0.15) is 10.4 Å². The molecule has 25 heavy (non-hydrogen) atoms. The fraction of sp³-hybridized carbons (Fsp3) is 0.235. The third-order valence-electron chi connectivity index (χ3n) is 3.49. The van der Waals surface area contributed by atoms with Gasteiger partial charge in [-0.15, -0.1) is 0 Å². The van der Waals surface area contributed by atoms with Gasteiger partial charge in [-0.1, -0.05) is 0 Å². The molecule has 1 N–H and O–H groups in total. The zero-order valence-corrected chi connectivity index (χ0v) is 15.1.